The second kappa shape index (κ2) is 1.78. The fourth-order valence-corrected chi connectivity index (χ4v) is 0.529. The molecule has 0 radical (unpaired) electrons. The number of rotatable bonds is 0. The maximum absolute atomic E-state index is 3.95. The van der Waals surface area contributed by atoms with Gasteiger partial charge in [0.05, 0.1) is 0 Å². The van der Waals surface area contributed by atoms with Crippen LogP contribution in [0, 0.1) is 0 Å². The predicted octanol–water partition coefficient (Wildman–Crippen LogP) is -0.142. The number of pyridine rings is 1. The first-order valence-electron chi connectivity index (χ1n) is 2.40. The summed E-state index contributed by atoms with van der Waals surface area (Å²) in [6.07, 6.45) is 0. The van der Waals surface area contributed by atoms with E-state index in [1.807, 2.05) is 18.2 Å². The molecule has 0 amide bonds. The van der Waals surface area contributed by atoms with Gasteiger partial charge in [-0.1, -0.05) is 5.35 Å². The van der Waals surface area contributed by atoms with Crippen LogP contribution in [-0.2, 0) is 0 Å². The Hall–Kier alpha value is -1.11. The minimum atomic E-state index is 0. The van der Waals surface area contributed by atoms with E-state index in [2.05, 4.69) is 18.1 Å². The summed E-state index contributed by atoms with van der Waals surface area (Å²) in [6, 6.07) is 5.57. The van der Waals surface area contributed by atoms with Crippen molar-refractivity contribution in [1.82, 2.24) is 4.98 Å². The van der Waals surface area contributed by atoms with Gasteiger partial charge in [-0.25, -0.2) is 0 Å². The standard InChI is InChI=1S/C7H7N/c1-6-4-3-5-7(2)8-6/h3-5H,1-2H2/p+1. The van der Waals surface area contributed by atoms with Crippen molar-refractivity contribution in [2.75, 3.05) is 0 Å². The third-order valence-electron chi connectivity index (χ3n) is 0.864. The number of hydrogen-bond acceptors (Lipinski definition) is 0. The van der Waals surface area contributed by atoms with Crippen LogP contribution in [0.4, 0.5) is 0 Å². The van der Waals surface area contributed by atoms with Crippen molar-refractivity contribution in [2.45, 2.75) is 0 Å². The Bertz CT molecular complexity index is 243. The molecular formula is C7H8N+. The minimum absolute atomic E-state index is 0. The number of nitrogens with zero attached hydrogens (tertiary/aromatic N) is 1. The second-order valence-corrected chi connectivity index (χ2v) is 1.62. The lowest BCUT2D eigenvalue weighted by atomic mass is 10.4. The maximum Gasteiger partial charge on any atom is 1.00 e. The van der Waals surface area contributed by atoms with Crippen molar-refractivity contribution in [3.63, 3.8) is 0 Å². The molecule has 0 aliphatic heterocycles. The molecule has 0 unspecified atom stereocenters. The summed E-state index contributed by atoms with van der Waals surface area (Å²) in [4.78, 5) is 3.95. The molecule has 0 saturated carbocycles. The highest BCUT2D eigenvalue weighted by Crippen LogP contribution is 1.58. The molecule has 1 heteroatoms. The van der Waals surface area contributed by atoms with Gasteiger partial charge < -0.3 is 4.98 Å². The zero-order valence-electron chi connectivity index (χ0n) is 5.59. The highest BCUT2D eigenvalue weighted by molar-refractivity contribution is 5.04. The van der Waals surface area contributed by atoms with E-state index in [9.17, 15) is 0 Å². The number of aromatic nitrogens is 1. The smallest absolute Gasteiger partial charge is 0.624 e. The molecule has 1 aromatic heterocycles. The summed E-state index contributed by atoms with van der Waals surface area (Å²) in [5.74, 6) is 0. The molecule has 0 N–H and O–H groups in total. The van der Waals surface area contributed by atoms with Crippen LogP contribution in [-0.4, -0.2) is 0 Å². The van der Waals surface area contributed by atoms with Gasteiger partial charge in [-0.05, 0) is 11.9 Å². The Labute approximate surface area is 49.5 Å². The van der Waals surface area contributed by atoms with E-state index >= 15 is 0 Å². The summed E-state index contributed by atoms with van der Waals surface area (Å²) < 4.78 is 0. The van der Waals surface area contributed by atoms with Crippen LogP contribution in [0.3, 0.4) is 0 Å². The average Bonchev–Trinajstić information content (AvgIpc) is 1.64. The Morgan fingerprint density at radius 2 is 2.38 bits per heavy atom. The van der Waals surface area contributed by atoms with Crippen LogP contribution in [0.1, 0.15) is 1.43 Å². The third kappa shape index (κ3) is 0.936. The Morgan fingerprint density at radius 3 is 2.75 bits per heavy atom. The summed E-state index contributed by atoms with van der Waals surface area (Å²) in [5.41, 5.74) is 0. The lowest BCUT2D eigenvalue weighted by molar-refractivity contribution is 1.17. The predicted molar refractivity (Wildman–Crippen MR) is 35.6 cm³/mol. The lowest BCUT2D eigenvalue weighted by Crippen LogP contribution is -2.18. The zero-order chi connectivity index (χ0) is 5.98. The van der Waals surface area contributed by atoms with Crippen LogP contribution in [0.25, 0.3) is 13.2 Å². The summed E-state index contributed by atoms with van der Waals surface area (Å²) >= 11 is 0. The molecule has 0 aliphatic rings. The van der Waals surface area contributed by atoms with Gasteiger partial charge in [-0.2, -0.15) is 0 Å². The normalized spacial score (nSPS) is 9.00. The molecule has 0 spiro atoms. The molecular weight excluding hydrogens is 98.1 g/mol. The van der Waals surface area contributed by atoms with E-state index in [1.54, 1.807) is 0 Å². The zero-order valence-corrected chi connectivity index (χ0v) is 4.59. The van der Waals surface area contributed by atoms with Crippen LogP contribution < -0.4 is 15.7 Å². The summed E-state index contributed by atoms with van der Waals surface area (Å²) in [7, 11) is 0. The number of hydrogen-bond donors (Lipinski definition) is 0. The largest absolute Gasteiger partial charge is 1.00 e. The van der Waals surface area contributed by atoms with Gasteiger partial charge in [0.1, 0.15) is 0 Å². The van der Waals surface area contributed by atoms with Crippen molar-refractivity contribution in [3.05, 3.63) is 28.9 Å². The molecule has 1 nitrogen and oxygen atoms in total. The first kappa shape index (κ1) is 5.04. The van der Waals surface area contributed by atoms with Crippen molar-refractivity contribution in [3.8, 4) is 0 Å². The van der Waals surface area contributed by atoms with Crippen LogP contribution in [0.2, 0.25) is 0 Å². The first-order chi connectivity index (χ1) is 3.79. The molecule has 0 aromatic carbocycles. The Morgan fingerprint density at radius 1 is 1.62 bits per heavy atom. The van der Waals surface area contributed by atoms with Crippen molar-refractivity contribution in [2.24, 2.45) is 0 Å². The Kier molecular flexibility index (Phi) is 1.12. The molecule has 1 rings (SSSR count). The highest BCUT2D eigenvalue weighted by Gasteiger charge is 1.66. The highest BCUT2D eigenvalue weighted by atomic mass is 14.6. The van der Waals surface area contributed by atoms with E-state index in [4.69, 9.17) is 0 Å². The minimum Gasteiger partial charge on any atom is -0.624 e. The van der Waals surface area contributed by atoms with Crippen molar-refractivity contribution >= 4 is 13.2 Å². The molecule has 0 atom stereocenters. The average molecular weight is 106 g/mol. The van der Waals surface area contributed by atoms with Gasteiger partial charge in [0.2, 0.25) is 0 Å². The van der Waals surface area contributed by atoms with Gasteiger partial charge >= 0.3 is 1.43 Å². The van der Waals surface area contributed by atoms with Gasteiger partial charge in [0.15, 0.2) is 0 Å². The molecule has 40 valence electrons. The van der Waals surface area contributed by atoms with Gasteiger partial charge in [-0.15, -0.1) is 6.58 Å². The monoisotopic (exact) mass is 106 g/mol. The van der Waals surface area contributed by atoms with Crippen molar-refractivity contribution < 1.29 is 1.43 Å². The summed E-state index contributed by atoms with van der Waals surface area (Å²) in [6.45, 7) is 7.26. The van der Waals surface area contributed by atoms with Gasteiger partial charge in [0, 0.05) is 18.2 Å². The van der Waals surface area contributed by atoms with Crippen LogP contribution in [0.15, 0.2) is 18.2 Å². The van der Waals surface area contributed by atoms with E-state index < -0.39 is 0 Å². The van der Waals surface area contributed by atoms with Crippen molar-refractivity contribution in [1.29, 1.82) is 0 Å². The van der Waals surface area contributed by atoms with Crippen LogP contribution in [0.5, 0.6) is 0 Å². The lowest BCUT2D eigenvalue weighted by Gasteiger charge is -1.90. The summed E-state index contributed by atoms with van der Waals surface area (Å²) in [5, 5.41) is 1.55. The molecule has 1 heterocycles. The molecule has 0 fully saturated rings. The fourth-order valence-electron chi connectivity index (χ4n) is 0.529. The van der Waals surface area contributed by atoms with Gasteiger partial charge in [-0.3, -0.25) is 0 Å². The van der Waals surface area contributed by atoms with E-state index in [0.29, 0.717) is 0 Å². The second-order valence-electron chi connectivity index (χ2n) is 1.62. The third-order valence-corrected chi connectivity index (χ3v) is 0.864. The topological polar surface area (TPSA) is 14.1 Å². The van der Waals surface area contributed by atoms with Gasteiger partial charge in [0.25, 0.3) is 0 Å². The molecule has 8 heavy (non-hydrogen) atoms. The first-order valence-corrected chi connectivity index (χ1v) is 2.40. The molecule has 0 aliphatic carbocycles. The SMILES string of the molecule is C=c1cc[cH+]c(=C)[n-]1.[H+]. The van der Waals surface area contributed by atoms with E-state index in [0.717, 1.165) is 10.7 Å². The maximum atomic E-state index is 3.95. The van der Waals surface area contributed by atoms with Crippen LogP contribution >= 0.6 is 0 Å². The molecule has 0 bridgehead atoms. The van der Waals surface area contributed by atoms with E-state index in [1.165, 1.54) is 0 Å². The fraction of sp³-hybridized carbons (Fsp3) is 0. The molecule has 1 aromatic rings. The quantitative estimate of drug-likeness (QED) is 0.420. The molecule has 0 saturated heterocycles. The van der Waals surface area contributed by atoms with E-state index in [-0.39, 0.29) is 1.43 Å². The Balaban J connectivity index is 0.000000640.